The molecule has 0 aliphatic carbocycles. The minimum atomic E-state index is 0.116. The van der Waals surface area contributed by atoms with Crippen LogP contribution in [0.3, 0.4) is 0 Å². The van der Waals surface area contributed by atoms with Crippen LogP contribution in [-0.4, -0.2) is 9.97 Å². The van der Waals surface area contributed by atoms with E-state index in [-0.39, 0.29) is 11.1 Å². The van der Waals surface area contributed by atoms with Crippen LogP contribution in [0.25, 0.3) is 0 Å². The van der Waals surface area contributed by atoms with Crippen LogP contribution in [0.2, 0.25) is 5.15 Å². The first-order valence-corrected chi connectivity index (χ1v) is 8.99. The van der Waals surface area contributed by atoms with Gasteiger partial charge in [-0.1, -0.05) is 75.4 Å². The molecule has 2 rings (SSSR count). The summed E-state index contributed by atoms with van der Waals surface area (Å²) in [6, 6.07) is 10.2. The normalized spacial score (nSPS) is 11.0. The third-order valence-electron chi connectivity index (χ3n) is 4.02. The van der Waals surface area contributed by atoms with Gasteiger partial charge in [0.1, 0.15) is 11.8 Å². The largest absolute Gasteiger partial charge is 0.473 e. The van der Waals surface area contributed by atoms with Crippen LogP contribution in [0.1, 0.15) is 50.7 Å². The molecule has 0 aliphatic rings. The van der Waals surface area contributed by atoms with E-state index in [2.05, 4.69) is 48.1 Å². The zero-order valence-corrected chi connectivity index (χ0v) is 15.2. The fourth-order valence-electron chi connectivity index (χ4n) is 2.91. The fraction of sp³-hybridized carbons (Fsp3) is 0.474. The molecule has 0 fully saturated rings. The third kappa shape index (κ3) is 6.00. The van der Waals surface area contributed by atoms with Gasteiger partial charge in [0, 0.05) is 6.07 Å². The molecule has 0 atom stereocenters. The number of nitrogen functional groups attached to an aromatic ring is 1. The van der Waals surface area contributed by atoms with Crippen LogP contribution in [0.15, 0.2) is 30.3 Å². The summed E-state index contributed by atoms with van der Waals surface area (Å²) in [5.41, 5.74) is 8.04. The quantitative estimate of drug-likeness (QED) is 0.645. The second-order valence-corrected chi connectivity index (χ2v) is 6.53. The van der Waals surface area contributed by atoms with E-state index < -0.39 is 0 Å². The van der Waals surface area contributed by atoms with Gasteiger partial charge in [-0.25, -0.2) is 4.98 Å². The Labute approximate surface area is 149 Å². The number of hydrogen-bond donors (Lipinski definition) is 1. The molecule has 1 aromatic carbocycles. The Balaban J connectivity index is 1.91. The monoisotopic (exact) mass is 347 g/mol. The standard InChI is InChI=1S/C19H26ClN3O/c1-3-5-14(6-4-2)11-15-7-9-16(10-8-15)13-24-18-12-17(20)22-19(21)23-18/h7-10,12,14H,3-6,11,13H2,1-2H3,(H2,21,22,23). The number of ether oxygens (including phenoxy) is 1. The molecular weight excluding hydrogens is 322 g/mol. The molecule has 1 heterocycles. The number of rotatable bonds is 9. The van der Waals surface area contributed by atoms with Crippen LogP contribution < -0.4 is 10.5 Å². The summed E-state index contributed by atoms with van der Waals surface area (Å²) < 4.78 is 5.64. The minimum absolute atomic E-state index is 0.116. The van der Waals surface area contributed by atoms with Crippen molar-refractivity contribution in [2.24, 2.45) is 5.92 Å². The number of nitrogens with two attached hydrogens (primary N) is 1. The number of halogens is 1. The van der Waals surface area contributed by atoms with E-state index >= 15 is 0 Å². The van der Waals surface area contributed by atoms with Gasteiger partial charge in [-0.05, 0) is 23.5 Å². The molecule has 2 N–H and O–H groups in total. The summed E-state index contributed by atoms with van der Waals surface area (Å²) in [5.74, 6) is 1.29. The number of hydrogen-bond acceptors (Lipinski definition) is 4. The first-order valence-electron chi connectivity index (χ1n) is 8.61. The summed E-state index contributed by atoms with van der Waals surface area (Å²) in [7, 11) is 0. The average Bonchev–Trinajstić information content (AvgIpc) is 2.54. The number of anilines is 1. The average molecular weight is 348 g/mol. The van der Waals surface area contributed by atoms with Crippen molar-refractivity contribution in [2.45, 2.75) is 52.6 Å². The minimum Gasteiger partial charge on any atom is -0.473 e. The maximum Gasteiger partial charge on any atom is 0.224 e. The lowest BCUT2D eigenvalue weighted by Gasteiger charge is -2.15. The maximum absolute atomic E-state index is 5.84. The summed E-state index contributed by atoms with van der Waals surface area (Å²) in [4.78, 5) is 7.82. The lowest BCUT2D eigenvalue weighted by molar-refractivity contribution is 0.294. The number of nitrogens with zero attached hydrogens (tertiary/aromatic N) is 2. The highest BCUT2D eigenvalue weighted by Crippen LogP contribution is 2.20. The van der Waals surface area contributed by atoms with Crippen LogP contribution in [0.5, 0.6) is 5.88 Å². The molecule has 0 bridgehead atoms. The molecule has 0 spiro atoms. The Bertz CT molecular complexity index is 605. The van der Waals surface area contributed by atoms with Crippen LogP contribution in [-0.2, 0) is 13.0 Å². The van der Waals surface area contributed by atoms with E-state index in [1.807, 2.05) is 0 Å². The van der Waals surface area contributed by atoms with E-state index in [0.717, 1.165) is 17.9 Å². The topological polar surface area (TPSA) is 61.0 Å². The highest BCUT2D eigenvalue weighted by Gasteiger charge is 2.08. The predicted octanol–water partition coefficient (Wildman–Crippen LogP) is 5.05. The van der Waals surface area contributed by atoms with Gasteiger partial charge in [0.2, 0.25) is 11.8 Å². The SMILES string of the molecule is CCCC(CCC)Cc1ccc(COc2cc(Cl)nc(N)n2)cc1. The molecule has 0 amide bonds. The van der Waals surface area contributed by atoms with Gasteiger partial charge in [-0.15, -0.1) is 0 Å². The molecule has 0 aliphatic heterocycles. The van der Waals surface area contributed by atoms with Crippen molar-refractivity contribution < 1.29 is 4.74 Å². The summed E-state index contributed by atoms with van der Waals surface area (Å²) in [6.45, 7) is 4.95. The highest BCUT2D eigenvalue weighted by molar-refractivity contribution is 6.29. The molecule has 0 unspecified atom stereocenters. The van der Waals surface area contributed by atoms with E-state index in [1.54, 1.807) is 6.07 Å². The van der Waals surface area contributed by atoms with Gasteiger partial charge in [-0.2, -0.15) is 4.98 Å². The predicted molar refractivity (Wildman–Crippen MR) is 99.2 cm³/mol. The van der Waals surface area contributed by atoms with Crippen molar-refractivity contribution >= 4 is 17.5 Å². The van der Waals surface area contributed by atoms with Gasteiger partial charge < -0.3 is 10.5 Å². The van der Waals surface area contributed by atoms with E-state index in [4.69, 9.17) is 22.1 Å². The molecule has 24 heavy (non-hydrogen) atoms. The lowest BCUT2D eigenvalue weighted by Crippen LogP contribution is -2.05. The zero-order valence-electron chi connectivity index (χ0n) is 14.5. The fourth-order valence-corrected chi connectivity index (χ4v) is 3.09. The Morgan fingerprint density at radius 3 is 2.25 bits per heavy atom. The number of benzene rings is 1. The van der Waals surface area contributed by atoms with Gasteiger partial charge in [0.05, 0.1) is 0 Å². The van der Waals surface area contributed by atoms with Gasteiger partial charge in [-0.3, -0.25) is 0 Å². The molecule has 2 aromatic rings. The summed E-state index contributed by atoms with van der Waals surface area (Å²) in [5, 5.41) is 0.283. The Morgan fingerprint density at radius 2 is 1.67 bits per heavy atom. The first kappa shape index (κ1) is 18.5. The molecule has 1 aromatic heterocycles. The van der Waals surface area contributed by atoms with E-state index in [9.17, 15) is 0 Å². The third-order valence-corrected chi connectivity index (χ3v) is 4.21. The van der Waals surface area contributed by atoms with Crippen molar-refractivity contribution in [3.63, 3.8) is 0 Å². The second-order valence-electron chi connectivity index (χ2n) is 6.14. The molecule has 0 saturated heterocycles. The molecule has 4 nitrogen and oxygen atoms in total. The van der Waals surface area contributed by atoms with E-state index in [1.165, 1.54) is 31.2 Å². The van der Waals surface area contributed by atoms with Crippen LogP contribution >= 0.6 is 11.6 Å². The summed E-state index contributed by atoms with van der Waals surface area (Å²) >= 11 is 5.84. The molecule has 5 heteroatoms. The Kier molecular flexibility index (Phi) is 7.32. The highest BCUT2D eigenvalue weighted by atomic mass is 35.5. The Morgan fingerprint density at radius 1 is 1.04 bits per heavy atom. The van der Waals surface area contributed by atoms with Crippen LogP contribution in [0, 0.1) is 5.92 Å². The van der Waals surface area contributed by atoms with Crippen molar-refractivity contribution in [2.75, 3.05) is 5.73 Å². The first-order chi connectivity index (χ1) is 11.6. The molecular formula is C19H26ClN3O. The molecule has 130 valence electrons. The van der Waals surface area contributed by atoms with Gasteiger partial charge >= 0.3 is 0 Å². The van der Waals surface area contributed by atoms with Crippen molar-refractivity contribution in [3.8, 4) is 5.88 Å². The summed E-state index contributed by atoms with van der Waals surface area (Å²) in [6.07, 6.45) is 6.26. The van der Waals surface area contributed by atoms with Gasteiger partial charge in [0.25, 0.3) is 0 Å². The molecule has 0 radical (unpaired) electrons. The lowest BCUT2D eigenvalue weighted by atomic mass is 9.91. The zero-order chi connectivity index (χ0) is 17.4. The second kappa shape index (κ2) is 9.48. The van der Waals surface area contributed by atoms with Crippen molar-refractivity contribution in [1.82, 2.24) is 9.97 Å². The molecule has 0 saturated carbocycles. The van der Waals surface area contributed by atoms with E-state index in [0.29, 0.717) is 12.5 Å². The van der Waals surface area contributed by atoms with Gasteiger partial charge in [0.15, 0.2) is 0 Å². The number of aromatic nitrogens is 2. The van der Waals surface area contributed by atoms with Crippen molar-refractivity contribution in [3.05, 3.63) is 46.6 Å². The van der Waals surface area contributed by atoms with Crippen molar-refractivity contribution in [1.29, 1.82) is 0 Å². The maximum atomic E-state index is 5.84. The smallest absolute Gasteiger partial charge is 0.224 e. The van der Waals surface area contributed by atoms with Crippen LogP contribution in [0.4, 0.5) is 5.95 Å². The Hall–Kier alpha value is -1.81.